The molecule has 0 fully saturated rings. The maximum Gasteiger partial charge on any atom is 0.332 e. The molecule has 0 spiro atoms. The lowest BCUT2D eigenvalue weighted by Crippen LogP contribution is -2.15. The summed E-state index contributed by atoms with van der Waals surface area (Å²) in [4.78, 5) is 37.8. The molecule has 0 amide bonds. The van der Waals surface area contributed by atoms with Gasteiger partial charge < -0.3 is 15.3 Å². The van der Waals surface area contributed by atoms with Crippen LogP contribution in [0.1, 0.15) is 0 Å². The molecule has 4 rings (SSSR count). The van der Waals surface area contributed by atoms with Crippen LogP contribution in [-0.2, 0) is 0 Å². The number of hydrogen-bond acceptors (Lipinski definition) is 5. The van der Waals surface area contributed by atoms with Crippen molar-refractivity contribution in [3.05, 3.63) is 74.7 Å². The molecule has 25 heavy (non-hydrogen) atoms. The number of anilines is 2. The number of hydrogen-bond donors (Lipinski definition) is 3. The molecule has 124 valence electrons. The third-order valence-corrected chi connectivity index (χ3v) is 3.79. The van der Waals surface area contributed by atoms with E-state index in [9.17, 15) is 9.59 Å². The second-order valence-electron chi connectivity index (χ2n) is 5.21. The van der Waals surface area contributed by atoms with Gasteiger partial charge in [-0.05, 0) is 30.3 Å². The Morgan fingerprint density at radius 3 is 2.84 bits per heavy atom. The van der Waals surface area contributed by atoms with Gasteiger partial charge in [0.25, 0.3) is 5.56 Å². The fourth-order valence-electron chi connectivity index (χ4n) is 2.45. The third-order valence-electron chi connectivity index (χ3n) is 3.56. The van der Waals surface area contributed by atoms with E-state index in [4.69, 9.17) is 11.6 Å². The predicted molar refractivity (Wildman–Crippen MR) is 94.8 cm³/mol. The summed E-state index contributed by atoms with van der Waals surface area (Å²) >= 11 is 6.01. The van der Waals surface area contributed by atoms with Crippen LogP contribution in [0, 0.1) is 0 Å². The van der Waals surface area contributed by atoms with Crippen LogP contribution in [0.15, 0.2) is 58.4 Å². The molecule has 4 aromatic rings. The highest BCUT2D eigenvalue weighted by Gasteiger charge is 2.12. The van der Waals surface area contributed by atoms with Crippen molar-refractivity contribution in [1.29, 1.82) is 0 Å². The van der Waals surface area contributed by atoms with Crippen LogP contribution < -0.4 is 16.6 Å². The summed E-state index contributed by atoms with van der Waals surface area (Å²) in [6.45, 7) is 0. The smallest absolute Gasteiger partial charge is 0.327 e. The van der Waals surface area contributed by atoms with Crippen molar-refractivity contribution in [2.24, 2.45) is 0 Å². The van der Waals surface area contributed by atoms with Gasteiger partial charge in [0.2, 0.25) is 5.95 Å². The highest BCUT2D eigenvalue weighted by molar-refractivity contribution is 6.30. The van der Waals surface area contributed by atoms with Gasteiger partial charge in [-0.2, -0.15) is 4.98 Å². The first kappa shape index (κ1) is 15.2. The van der Waals surface area contributed by atoms with Gasteiger partial charge in [0.15, 0.2) is 5.65 Å². The lowest BCUT2D eigenvalue weighted by Gasteiger charge is -2.05. The normalized spacial score (nSPS) is 10.9. The standard InChI is InChI=1S/C16H11ClN6O2/c17-9-3-1-4-10(7-9)23-13-12(21-16(23)25)8-19-15(22-13)20-11-5-2-6-18-14(11)24/h1-8H,(H,18,24)(H,21,25)(H,19,20,22). The molecule has 0 aliphatic heterocycles. The number of fused-ring (bicyclic) bond motifs is 1. The number of aromatic amines is 2. The summed E-state index contributed by atoms with van der Waals surface area (Å²) in [6.07, 6.45) is 3.00. The van der Waals surface area contributed by atoms with E-state index < -0.39 is 0 Å². The van der Waals surface area contributed by atoms with Crippen LogP contribution in [0.25, 0.3) is 16.9 Å². The molecule has 0 unspecified atom stereocenters. The Kier molecular flexibility index (Phi) is 3.58. The lowest BCUT2D eigenvalue weighted by molar-refractivity contribution is 0.998. The highest BCUT2D eigenvalue weighted by Crippen LogP contribution is 2.18. The van der Waals surface area contributed by atoms with E-state index in [2.05, 4.69) is 25.3 Å². The summed E-state index contributed by atoms with van der Waals surface area (Å²) in [6, 6.07) is 10.2. The average Bonchev–Trinajstić information content (AvgIpc) is 2.92. The van der Waals surface area contributed by atoms with Crippen molar-refractivity contribution in [1.82, 2.24) is 24.5 Å². The van der Waals surface area contributed by atoms with E-state index >= 15 is 0 Å². The topological polar surface area (TPSA) is 108 Å². The zero-order valence-corrected chi connectivity index (χ0v) is 13.4. The average molecular weight is 355 g/mol. The summed E-state index contributed by atoms with van der Waals surface area (Å²) in [5, 5.41) is 3.34. The Labute approximate surface area is 145 Å². The number of halogens is 1. The van der Waals surface area contributed by atoms with E-state index in [-0.39, 0.29) is 17.2 Å². The maximum absolute atomic E-state index is 12.3. The van der Waals surface area contributed by atoms with E-state index in [1.807, 2.05) is 0 Å². The van der Waals surface area contributed by atoms with Gasteiger partial charge in [-0.25, -0.2) is 14.3 Å². The second-order valence-corrected chi connectivity index (χ2v) is 5.65. The second kappa shape index (κ2) is 5.91. The highest BCUT2D eigenvalue weighted by atomic mass is 35.5. The first-order valence-electron chi connectivity index (χ1n) is 7.30. The molecule has 0 saturated heterocycles. The van der Waals surface area contributed by atoms with E-state index in [1.165, 1.54) is 17.0 Å². The van der Waals surface area contributed by atoms with Gasteiger partial charge in [-0.15, -0.1) is 0 Å². The molecule has 9 heteroatoms. The van der Waals surface area contributed by atoms with E-state index in [1.54, 1.807) is 36.4 Å². The predicted octanol–water partition coefficient (Wildman–Crippen LogP) is 2.19. The van der Waals surface area contributed by atoms with E-state index in [0.29, 0.717) is 27.6 Å². The molecule has 3 N–H and O–H groups in total. The Hall–Kier alpha value is -3.39. The lowest BCUT2D eigenvalue weighted by atomic mass is 10.3. The maximum atomic E-state index is 12.3. The Morgan fingerprint density at radius 1 is 1.16 bits per heavy atom. The van der Waals surface area contributed by atoms with Gasteiger partial charge in [0.1, 0.15) is 11.2 Å². The molecule has 0 saturated carbocycles. The monoisotopic (exact) mass is 354 g/mol. The minimum absolute atomic E-state index is 0.193. The number of pyridine rings is 1. The van der Waals surface area contributed by atoms with Crippen LogP contribution in [0.5, 0.6) is 0 Å². The molecule has 1 aromatic carbocycles. The molecule has 0 aliphatic rings. The summed E-state index contributed by atoms with van der Waals surface area (Å²) in [5.74, 6) is 0.193. The number of benzene rings is 1. The third kappa shape index (κ3) is 2.79. The first-order chi connectivity index (χ1) is 12.1. The molecular weight excluding hydrogens is 344 g/mol. The molecule has 0 aliphatic carbocycles. The van der Waals surface area contributed by atoms with Gasteiger partial charge in [0.05, 0.1) is 11.9 Å². The fraction of sp³-hybridized carbons (Fsp3) is 0. The summed E-state index contributed by atoms with van der Waals surface area (Å²) in [7, 11) is 0. The Morgan fingerprint density at radius 2 is 2.04 bits per heavy atom. The van der Waals surface area contributed by atoms with Crippen LogP contribution in [0.2, 0.25) is 5.02 Å². The van der Waals surface area contributed by atoms with E-state index in [0.717, 1.165) is 0 Å². The molecular formula is C16H11ClN6O2. The van der Waals surface area contributed by atoms with Crippen molar-refractivity contribution in [2.45, 2.75) is 0 Å². The number of rotatable bonds is 3. The minimum Gasteiger partial charge on any atom is -0.327 e. The SMILES string of the molecule is O=c1[nH]cccc1Nc1ncc2[nH]c(=O)n(-c3cccc(Cl)c3)c2n1. The van der Waals surface area contributed by atoms with Crippen molar-refractivity contribution < 1.29 is 0 Å². The Balaban J connectivity index is 1.85. The summed E-state index contributed by atoms with van der Waals surface area (Å²) in [5.41, 5.74) is 1.06. The minimum atomic E-state index is -0.360. The van der Waals surface area contributed by atoms with Crippen LogP contribution in [0.3, 0.4) is 0 Å². The van der Waals surface area contributed by atoms with Crippen molar-refractivity contribution >= 4 is 34.4 Å². The van der Waals surface area contributed by atoms with Gasteiger partial charge in [0, 0.05) is 11.2 Å². The zero-order valence-electron chi connectivity index (χ0n) is 12.7. The molecule has 3 aromatic heterocycles. The number of nitrogens with zero attached hydrogens (tertiary/aromatic N) is 3. The van der Waals surface area contributed by atoms with Crippen molar-refractivity contribution in [2.75, 3.05) is 5.32 Å². The van der Waals surface area contributed by atoms with Crippen molar-refractivity contribution in [3.63, 3.8) is 0 Å². The molecule has 3 heterocycles. The van der Waals surface area contributed by atoms with Crippen LogP contribution >= 0.6 is 11.6 Å². The Bertz CT molecular complexity index is 1190. The largest absolute Gasteiger partial charge is 0.332 e. The van der Waals surface area contributed by atoms with Crippen LogP contribution in [-0.4, -0.2) is 24.5 Å². The summed E-state index contributed by atoms with van der Waals surface area (Å²) < 4.78 is 1.39. The zero-order chi connectivity index (χ0) is 17.4. The molecule has 8 nitrogen and oxygen atoms in total. The number of nitrogens with one attached hydrogen (secondary N) is 3. The van der Waals surface area contributed by atoms with Gasteiger partial charge >= 0.3 is 5.69 Å². The molecule has 0 atom stereocenters. The molecule has 0 bridgehead atoms. The number of aromatic nitrogens is 5. The molecule has 0 radical (unpaired) electrons. The van der Waals surface area contributed by atoms with Crippen LogP contribution in [0.4, 0.5) is 11.6 Å². The quantitative estimate of drug-likeness (QED) is 0.522. The fourth-order valence-corrected chi connectivity index (χ4v) is 2.64. The first-order valence-corrected chi connectivity index (χ1v) is 7.68. The van der Waals surface area contributed by atoms with Crippen molar-refractivity contribution in [3.8, 4) is 5.69 Å². The van der Waals surface area contributed by atoms with Gasteiger partial charge in [-0.3, -0.25) is 4.79 Å². The van der Waals surface area contributed by atoms with Gasteiger partial charge in [-0.1, -0.05) is 17.7 Å². The number of H-pyrrole nitrogens is 2. The number of imidazole rings is 1.